The summed E-state index contributed by atoms with van der Waals surface area (Å²) in [5.74, 6) is -1.33. The van der Waals surface area contributed by atoms with Crippen molar-refractivity contribution < 1.29 is 22.4 Å². The maximum absolute atomic E-state index is 13.1. The SMILES string of the molecule is O=C1NCCCC1NC(=O)C1CNCCN1S(=O)(=O)c1ccc(F)cc1. The molecule has 1 aromatic carbocycles. The molecule has 2 unspecified atom stereocenters. The number of carbonyl (C=O) groups is 2. The smallest absolute Gasteiger partial charge is 0.243 e. The molecule has 0 aliphatic carbocycles. The highest BCUT2D eigenvalue weighted by Crippen LogP contribution is 2.20. The highest BCUT2D eigenvalue weighted by atomic mass is 32.2. The lowest BCUT2D eigenvalue weighted by Crippen LogP contribution is -2.62. The van der Waals surface area contributed by atoms with Gasteiger partial charge in [0.05, 0.1) is 4.90 Å². The number of nitrogens with one attached hydrogen (secondary N) is 3. The number of carbonyl (C=O) groups excluding carboxylic acids is 2. The summed E-state index contributed by atoms with van der Waals surface area (Å²) >= 11 is 0. The van der Waals surface area contributed by atoms with E-state index >= 15 is 0 Å². The molecule has 1 aromatic rings. The molecule has 0 spiro atoms. The number of amides is 2. The van der Waals surface area contributed by atoms with Gasteiger partial charge < -0.3 is 16.0 Å². The van der Waals surface area contributed by atoms with Crippen molar-refractivity contribution in [1.29, 1.82) is 0 Å². The maximum atomic E-state index is 13.1. The monoisotopic (exact) mass is 384 g/mol. The quantitative estimate of drug-likeness (QED) is 0.629. The first-order valence-electron chi connectivity index (χ1n) is 8.46. The number of hydrogen-bond acceptors (Lipinski definition) is 5. The van der Waals surface area contributed by atoms with Gasteiger partial charge in [0, 0.05) is 26.2 Å². The summed E-state index contributed by atoms with van der Waals surface area (Å²) in [7, 11) is -3.96. The molecule has 142 valence electrons. The van der Waals surface area contributed by atoms with E-state index in [0.717, 1.165) is 22.9 Å². The normalized spacial score (nSPS) is 24.7. The van der Waals surface area contributed by atoms with E-state index in [2.05, 4.69) is 16.0 Å². The van der Waals surface area contributed by atoms with Crippen molar-refractivity contribution in [2.45, 2.75) is 29.8 Å². The van der Waals surface area contributed by atoms with Crippen LogP contribution in [-0.4, -0.2) is 62.8 Å². The predicted octanol–water partition coefficient (Wildman–Crippen LogP) is -0.817. The lowest BCUT2D eigenvalue weighted by Gasteiger charge is -2.35. The Kier molecular flexibility index (Phi) is 5.54. The van der Waals surface area contributed by atoms with Gasteiger partial charge in [0.2, 0.25) is 21.8 Å². The van der Waals surface area contributed by atoms with E-state index in [1.54, 1.807) is 0 Å². The van der Waals surface area contributed by atoms with Crippen LogP contribution in [0, 0.1) is 5.82 Å². The van der Waals surface area contributed by atoms with Crippen LogP contribution in [0.15, 0.2) is 29.2 Å². The molecule has 2 aliphatic heterocycles. The second-order valence-corrected chi connectivity index (χ2v) is 8.17. The van der Waals surface area contributed by atoms with Gasteiger partial charge in [-0.25, -0.2) is 12.8 Å². The van der Waals surface area contributed by atoms with Crippen molar-refractivity contribution in [2.75, 3.05) is 26.2 Å². The zero-order chi connectivity index (χ0) is 18.7. The Morgan fingerprint density at radius 3 is 2.65 bits per heavy atom. The Bertz CT molecular complexity index is 784. The molecule has 2 saturated heterocycles. The zero-order valence-electron chi connectivity index (χ0n) is 14.1. The summed E-state index contributed by atoms with van der Waals surface area (Å²) in [6.07, 6.45) is 1.26. The number of piperazine rings is 1. The lowest BCUT2D eigenvalue weighted by molar-refractivity contribution is -0.132. The molecule has 0 radical (unpaired) electrons. The van der Waals surface area contributed by atoms with E-state index in [9.17, 15) is 22.4 Å². The molecule has 0 bridgehead atoms. The second kappa shape index (κ2) is 7.68. The fraction of sp³-hybridized carbons (Fsp3) is 0.500. The first-order chi connectivity index (χ1) is 12.4. The predicted molar refractivity (Wildman–Crippen MR) is 91.1 cm³/mol. The molecular formula is C16H21FN4O4S. The summed E-state index contributed by atoms with van der Waals surface area (Å²) in [6.45, 7) is 1.21. The van der Waals surface area contributed by atoms with Crippen LogP contribution in [0.1, 0.15) is 12.8 Å². The molecule has 2 aliphatic rings. The van der Waals surface area contributed by atoms with Gasteiger partial charge in [0.1, 0.15) is 17.9 Å². The van der Waals surface area contributed by atoms with Gasteiger partial charge in [-0.2, -0.15) is 4.31 Å². The summed E-state index contributed by atoms with van der Waals surface area (Å²) in [5, 5.41) is 8.32. The highest BCUT2D eigenvalue weighted by molar-refractivity contribution is 7.89. The summed E-state index contributed by atoms with van der Waals surface area (Å²) in [5.41, 5.74) is 0. The summed E-state index contributed by atoms with van der Waals surface area (Å²) in [4.78, 5) is 24.4. The van der Waals surface area contributed by atoms with Crippen molar-refractivity contribution in [2.24, 2.45) is 0 Å². The Morgan fingerprint density at radius 2 is 1.96 bits per heavy atom. The standard InChI is InChI=1S/C16H21FN4O4S/c17-11-3-5-12(6-4-11)26(24,25)21-9-8-18-10-14(21)16(23)20-13-2-1-7-19-15(13)22/h3-6,13-14,18H,1-2,7-10H2,(H,19,22)(H,20,23). The largest absolute Gasteiger partial charge is 0.354 e. The van der Waals surface area contributed by atoms with Crippen molar-refractivity contribution in [3.63, 3.8) is 0 Å². The summed E-state index contributed by atoms with van der Waals surface area (Å²) < 4.78 is 40.0. The number of nitrogens with zero attached hydrogens (tertiary/aromatic N) is 1. The first-order valence-corrected chi connectivity index (χ1v) is 9.90. The number of hydrogen-bond donors (Lipinski definition) is 3. The van der Waals surface area contributed by atoms with E-state index in [1.165, 1.54) is 12.1 Å². The van der Waals surface area contributed by atoms with Gasteiger partial charge in [0.15, 0.2) is 0 Å². The van der Waals surface area contributed by atoms with E-state index in [-0.39, 0.29) is 23.9 Å². The molecule has 2 atom stereocenters. The van der Waals surface area contributed by atoms with E-state index < -0.39 is 33.8 Å². The van der Waals surface area contributed by atoms with Gasteiger partial charge in [0.25, 0.3) is 0 Å². The number of halogens is 1. The van der Waals surface area contributed by atoms with Crippen LogP contribution in [0.3, 0.4) is 0 Å². The Morgan fingerprint density at radius 1 is 1.23 bits per heavy atom. The van der Waals surface area contributed by atoms with Crippen LogP contribution >= 0.6 is 0 Å². The third-order valence-electron chi connectivity index (χ3n) is 4.52. The number of rotatable bonds is 4. The number of sulfonamides is 1. The van der Waals surface area contributed by atoms with E-state index in [1.807, 2.05) is 0 Å². The van der Waals surface area contributed by atoms with Gasteiger partial charge in [-0.3, -0.25) is 9.59 Å². The number of piperidine rings is 1. The Hall–Kier alpha value is -2.04. The van der Waals surface area contributed by atoms with Crippen LogP contribution in [0.5, 0.6) is 0 Å². The maximum Gasteiger partial charge on any atom is 0.243 e. The van der Waals surface area contributed by atoms with Crippen molar-refractivity contribution >= 4 is 21.8 Å². The fourth-order valence-electron chi connectivity index (χ4n) is 3.12. The highest BCUT2D eigenvalue weighted by Gasteiger charge is 2.39. The molecule has 2 amide bonds. The van der Waals surface area contributed by atoms with Crippen molar-refractivity contribution in [3.8, 4) is 0 Å². The summed E-state index contributed by atoms with van der Waals surface area (Å²) in [6, 6.07) is 2.85. The molecule has 26 heavy (non-hydrogen) atoms. The Balaban J connectivity index is 1.79. The topological polar surface area (TPSA) is 108 Å². The molecule has 3 rings (SSSR count). The Labute approximate surface area is 151 Å². The van der Waals surface area contributed by atoms with Gasteiger partial charge in [-0.1, -0.05) is 0 Å². The lowest BCUT2D eigenvalue weighted by atomic mass is 10.1. The third-order valence-corrected chi connectivity index (χ3v) is 6.44. The molecule has 2 fully saturated rings. The first kappa shape index (κ1) is 18.7. The molecule has 3 N–H and O–H groups in total. The minimum Gasteiger partial charge on any atom is -0.354 e. The minimum atomic E-state index is -3.96. The number of benzene rings is 1. The molecule has 0 aromatic heterocycles. The molecule has 2 heterocycles. The van der Waals surface area contributed by atoms with Gasteiger partial charge in [-0.15, -0.1) is 0 Å². The molecule has 10 heteroatoms. The van der Waals surface area contributed by atoms with Crippen LogP contribution in [0.25, 0.3) is 0 Å². The second-order valence-electron chi connectivity index (χ2n) is 6.28. The average molecular weight is 384 g/mol. The molecular weight excluding hydrogens is 363 g/mol. The minimum absolute atomic E-state index is 0.0750. The van der Waals surface area contributed by atoms with E-state index in [4.69, 9.17) is 0 Å². The van der Waals surface area contributed by atoms with Crippen LogP contribution in [0.2, 0.25) is 0 Å². The van der Waals surface area contributed by atoms with Gasteiger partial charge >= 0.3 is 0 Å². The van der Waals surface area contributed by atoms with Crippen LogP contribution in [0.4, 0.5) is 4.39 Å². The zero-order valence-corrected chi connectivity index (χ0v) is 14.9. The van der Waals surface area contributed by atoms with Gasteiger partial charge in [-0.05, 0) is 37.1 Å². The third kappa shape index (κ3) is 3.87. The average Bonchev–Trinajstić information content (AvgIpc) is 2.64. The van der Waals surface area contributed by atoms with Crippen molar-refractivity contribution in [3.05, 3.63) is 30.1 Å². The van der Waals surface area contributed by atoms with Crippen molar-refractivity contribution in [1.82, 2.24) is 20.3 Å². The fourth-order valence-corrected chi connectivity index (χ4v) is 4.70. The van der Waals surface area contributed by atoms with E-state index in [0.29, 0.717) is 19.5 Å². The van der Waals surface area contributed by atoms with Crippen LogP contribution < -0.4 is 16.0 Å². The molecule has 8 nitrogen and oxygen atoms in total. The molecule has 0 saturated carbocycles. The van der Waals surface area contributed by atoms with Crippen LogP contribution in [-0.2, 0) is 19.6 Å².